The fourth-order valence-corrected chi connectivity index (χ4v) is 2.72. The molecule has 0 spiro atoms. The van der Waals surface area contributed by atoms with E-state index in [4.69, 9.17) is 4.74 Å². The second kappa shape index (κ2) is 6.70. The van der Waals surface area contributed by atoms with Gasteiger partial charge in [0, 0.05) is 29.7 Å². The van der Waals surface area contributed by atoms with Crippen LogP contribution in [0.15, 0.2) is 72.2 Å². The number of pyridine rings is 2. The van der Waals surface area contributed by atoms with Crippen LogP contribution in [0, 0.1) is 0 Å². The molecule has 1 aromatic carbocycles. The molecule has 4 rings (SSSR count). The normalized spacial score (nSPS) is 15.7. The van der Waals surface area contributed by atoms with Crippen molar-refractivity contribution in [3.63, 3.8) is 0 Å². The number of aliphatic hydroxyl groups is 1. The highest BCUT2D eigenvalue weighted by atomic mass is 16.5. The van der Waals surface area contributed by atoms with E-state index in [2.05, 4.69) is 20.3 Å². The molecule has 1 unspecified atom stereocenters. The van der Waals surface area contributed by atoms with Crippen molar-refractivity contribution in [3.8, 4) is 16.9 Å². The van der Waals surface area contributed by atoms with E-state index >= 15 is 0 Å². The number of aliphatic hydroxyl groups excluding tert-OH is 1. The van der Waals surface area contributed by atoms with Gasteiger partial charge in [-0.1, -0.05) is 18.2 Å². The number of ether oxygens (including phenoxy) is 1. The van der Waals surface area contributed by atoms with Crippen molar-refractivity contribution in [2.24, 2.45) is 4.99 Å². The number of nitrogens with one attached hydrogen (secondary N) is 1. The third kappa shape index (κ3) is 3.20. The largest absolute Gasteiger partial charge is 0.485 e. The SMILES string of the molecule is OC1N=C(COc2ccccc2-c2ccncc2)Nc2cnccc21. The number of hydrogen-bond acceptors (Lipinski definition) is 6. The molecule has 0 fully saturated rings. The molecule has 1 aliphatic heterocycles. The van der Waals surface area contributed by atoms with Gasteiger partial charge in [0.15, 0.2) is 6.23 Å². The number of benzene rings is 1. The van der Waals surface area contributed by atoms with Gasteiger partial charge < -0.3 is 15.2 Å². The molecular formula is C19H16N4O2. The summed E-state index contributed by atoms with van der Waals surface area (Å²) < 4.78 is 5.95. The van der Waals surface area contributed by atoms with Gasteiger partial charge in [-0.15, -0.1) is 0 Å². The average molecular weight is 332 g/mol. The second-order valence-electron chi connectivity index (χ2n) is 5.56. The van der Waals surface area contributed by atoms with Gasteiger partial charge in [-0.25, -0.2) is 4.99 Å². The lowest BCUT2D eigenvalue weighted by molar-refractivity contribution is 0.187. The van der Waals surface area contributed by atoms with E-state index in [-0.39, 0.29) is 6.61 Å². The Kier molecular flexibility index (Phi) is 4.10. The number of aliphatic imine (C=N–C) groups is 1. The molecule has 6 nitrogen and oxygen atoms in total. The zero-order valence-electron chi connectivity index (χ0n) is 13.3. The van der Waals surface area contributed by atoms with Crippen molar-refractivity contribution < 1.29 is 9.84 Å². The standard InChI is InChI=1S/C19H16N4O2/c24-19-15-7-10-21-11-16(15)22-18(23-19)12-25-17-4-2-1-3-14(17)13-5-8-20-9-6-13/h1-11,19,24H,12H2,(H,22,23). The van der Waals surface area contributed by atoms with E-state index in [1.165, 1.54) is 0 Å². The summed E-state index contributed by atoms with van der Waals surface area (Å²) in [6.07, 6.45) is 5.88. The molecule has 0 saturated carbocycles. The number of rotatable bonds is 4. The highest BCUT2D eigenvalue weighted by Gasteiger charge is 2.19. The van der Waals surface area contributed by atoms with Crippen molar-refractivity contribution in [1.82, 2.24) is 9.97 Å². The summed E-state index contributed by atoms with van der Waals surface area (Å²) in [5, 5.41) is 13.3. The average Bonchev–Trinajstić information content (AvgIpc) is 2.67. The molecule has 6 heteroatoms. The number of aromatic nitrogens is 2. The van der Waals surface area contributed by atoms with Gasteiger partial charge >= 0.3 is 0 Å². The third-order valence-electron chi connectivity index (χ3n) is 3.93. The first kappa shape index (κ1) is 15.3. The minimum atomic E-state index is -0.909. The topological polar surface area (TPSA) is 79.6 Å². The first-order chi connectivity index (χ1) is 12.3. The van der Waals surface area contributed by atoms with E-state index in [0.717, 1.165) is 22.6 Å². The molecule has 3 heterocycles. The van der Waals surface area contributed by atoms with Crippen LogP contribution >= 0.6 is 0 Å². The van der Waals surface area contributed by atoms with Crippen LogP contribution < -0.4 is 10.1 Å². The molecule has 1 atom stereocenters. The van der Waals surface area contributed by atoms with Gasteiger partial charge in [-0.3, -0.25) is 9.97 Å². The monoisotopic (exact) mass is 332 g/mol. The summed E-state index contributed by atoms with van der Waals surface area (Å²) in [7, 11) is 0. The van der Waals surface area contributed by atoms with Crippen molar-refractivity contribution >= 4 is 11.5 Å². The predicted molar refractivity (Wildman–Crippen MR) is 95.4 cm³/mol. The Morgan fingerprint density at radius 3 is 2.68 bits per heavy atom. The summed E-state index contributed by atoms with van der Waals surface area (Å²) in [4.78, 5) is 12.3. The molecule has 0 radical (unpaired) electrons. The summed E-state index contributed by atoms with van der Waals surface area (Å²) >= 11 is 0. The predicted octanol–water partition coefficient (Wildman–Crippen LogP) is 3.04. The number of anilines is 1. The maximum Gasteiger partial charge on any atom is 0.175 e. The number of amidine groups is 1. The number of para-hydroxylation sites is 1. The Bertz CT molecular complexity index is 912. The van der Waals surface area contributed by atoms with Crippen LogP contribution in [-0.2, 0) is 0 Å². The minimum Gasteiger partial charge on any atom is -0.485 e. The van der Waals surface area contributed by atoms with Crippen LogP contribution in [-0.4, -0.2) is 27.5 Å². The minimum absolute atomic E-state index is 0.216. The summed E-state index contributed by atoms with van der Waals surface area (Å²) in [6, 6.07) is 13.4. The maximum atomic E-state index is 10.1. The van der Waals surface area contributed by atoms with Crippen LogP contribution in [0.2, 0.25) is 0 Å². The number of fused-ring (bicyclic) bond motifs is 1. The smallest absolute Gasteiger partial charge is 0.175 e. The summed E-state index contributed by atoms with van der Waals surface area (Å²) in [5.41, 5.74) is 3.45. The van der Waals surface area contributed by atoms with Gasteiger partial charge in [0.05, 0.1) is 11.9 Å². The molecule has 0 amide bonds. The molecule has 0 aliphatic carbocycles. The molecule has 124 valence electrons. The van der Waals surface area contributed by atoms with Gasteiger partial charge in [-0.05, 0) is 29.8 Å². The van der Waals surface area contributed by atoms with Crippen LogP contribution in [0.25, 0.3) is 11.1 Å². The van der Waals surface area contributed by atoms with Crippen molar-refractivity contribution in [2.75, 3.05) is 11.9 Å². The second-order valence-corrected chi connectivity index (χ2v) is 5.56. The molecule has 0 saturated heterocycles. The Labute approximate surface area is 144 Å². The highest BCUT2D eigenvalue weighted by Crippen LogP contribution is 2.30. The van der Waals surface area contributed by atoms with E-state index in [0.29, 0.717) is 11.4 Å². The Morgan fingerprint density at radius 2 is 1.80 bits per heavy atom. The van der Waals surface area contributed by atoms with Crippen molar-refractivity contribution in [1.29, 1.82) is 0 Å². The molecule has 2 N–H and O–H groups in total. The lowest BCUT2D eigenvalue weighted by Crippen LogP contribution is -2.26. The molecule has 2 aromatic heterocycles. The summed E-state index contributed by atoms with van der Waals surface area (Å²) in [5.74, 6) is 1.29. The fraction of sp³-hybridized carbons (Fsp3) is 0.105. The Balaban J connectivity index is 1.54. The summed E-state index contributed by atoms with van der Waals surface area (Å²) in [6.45, 7) is 0.216. The van der Waals surface area contributed by atoms with E-state index in [1.807, 2.05) is 36.4 Å². The van der Waals surface area contributed by atoms with Gasteiger partial charge in [0.2, 0.25) is 0 Å². The molecule has 0 bridgehead atoms. The van der Waals surface area contributed by atoms with Crippen LogP contribution in [0.1, 0.15) is 11.8 Å². The maximum absolute atomic E-state index is 10.1. The van der Waals surface area contributed by atoms with Gasteiger partial charge in [-0.2, -0.15) is 0 Å². The van der Waals surface area contributed by atoms with Gasteiger partial charge in [0.1, 0.15) is 18.2 Å². The lowest BCUT2D eigenvalue weighted by atomic mass is 10.1. The zero-order valence-corrected chi connectivity index (χ0v) is 13.3. The quantitative estimate of drug-likeness (QED) is 0.768. The molecule has 1 aliphatic rings. The Hall–Kier alpha value is -3.25. The number of nitrogens with zero attached hydrogens (tertiary/aromatic N) is 3. The van der Waals surface area contributed by atoms with E-state index < -0.39 is 6.23 Å². The van der Waals surface area contributed by atoms with Crippen molar-refractivity contribution in [2.45, 2.75) is 6.23 Å². The first-order valence-corrected chi connectivity index (χ1v) is 7.89. The fourth-order valence-electron chi connectivity index (χ4n) is 2.72. The molecular weight excluding hydrogens is 316 g/mol. The Morgan fingerprint density at radius 1 is 1.00 bits per heavy atom. The van der Waals surface area contributed by atoms with Crippen LogP contribution in [0.3, 0.4) is 0 Å². The number of hydrogen-bond donors (Lipinski definition) is 2. The molecule has 3 aromatic rings. The van der Waals surface area contributed by atoms with E-state index in [9.17, 15) is 5.11 Å². The highest BCUT2D eigenvalue weighted by molar-refractivity contribution is 5.98. The van der Waals surface area contributed by atoms with E-state index in [1.54, 1.807) is 30.9 Å². The third-order valence-corrected chi connectivity index (χ3v) is 3.93. The molecule has 25 heavy (non-hydrogen) atoms. The lowest BCUT2D eigenvalue weighted by Gasteiger charge is -2.22. The first-order valence-electron chi connectivity index (χ1n) is 7.89. The van der Waals surface area contributed by atoms with Crippen LogP contribution in [0.4, 0.5) is 5.69 Å². The van der Waals surface area contributed by atoms with Crippen LogP contribution in [0.5, 0.6) is 5.75 Å². The van der Waals surface area contributed by atoms with Gasteiger partial charge in [0.25, 0.3) is 0 Å². The van der Waals surface area contributed by atoms with Crippen molar-refractivity contribution in [3.05, 3.63) is 72.8 Å². The zero-order chi connectivity index (χ0) is 17.1.